The molecule has 9 nitrogen and oxygen atoms in total. The molecule has 0 amide bonds. The molecule has 0 aromatic carbocycles. The van der Waals surface area contributed by atoms with Gasteiger partial charge in [-0.1, -0.05) is 33.8 Å². The number of hydrogen-bond donors (Lipinski definition) is 3. The number of hydrogen-bond acceptors (Lipinski definition) is 9. The normalized spacial score (nSPS) is 13.9. The van der Waals surface area contributed by atoms with Crippen molar-refractivity contribution in [2.24, 2.45) is 10.5 Å². The van der Waals surface area contributed by atoms with Gasteiger partial charge in [-0.2, -0.15) is 10.4 Å². The highest BCUT2D eigenvalue weighted by atomic mass is 19.1. The Morgan fingerprint density at radius 2 is 2.00 bits per heavy atom. The highest BCUT2D eigenvalue weighted by Crippen LogP contribution is 2.32. The van der Waals surface area contributed by atoms with E-state index in [0.29, 0.717) is 23.3 Å². The standard InChI is InChI=1S/C28H41FN8O/c1-10-12-37(31-8)24-14-21(17-32-27(24)38-9)34-25-20(16-30)13-22(29)26(36-25)35-23(11-2)19(4)33-18(3)15-28(5,6)7/h10,12-14,17-19,23,33H,8,11,15H2,1-7,9H3,(H2,34,35,36)/b12-10-/t18?,19-,23?/m0/s1. The zero-order chi connectivity index (χ0) is 28.5. The molecule has 0 aliphatic rings. The van der Waals surface area contributed by atoms with Crippen LogP contribution in [0, 0.1) is 22.6 Å². The summed E-state index contributed by atoms with van der Waals surface area (Å²) in [5.74, 6) is 0.0172. The topological polar surface area (TPSA) is 110 Å². The minimum atomic E-state index is -0.593. The molecule has 0 aliphatic heterocycles. The van der Waals surface area contributed by atoms with Crippen LogP contribution in [-0.2, 0) is 0 Å². The predicted octanol–water partition coefficient (Wildman–Crippen LogP) is 6.19. The van der Waals surface area contributed by atoms with E-state index in [-0.39, 0.29) is 34.7 Å². The van der Waals surface area contributed by atoms with E-state index in [1.165, 1.54) is 24.4 Å². The van der Waals surface area contributed by atoms with Crippen LogP contribution in [0.4, 0.5) is 27.4 Å². The van der Waals surface area contributed by atoms with Crippen molar-refractivity contribution in [2.75, 3.05) is 22.8 Å². The Morgan fingerprint density at radius 1 is 1.29 bits per heavy atom. The first kappa shape index (κ1) is 30.5. The van der Waals surface area contributed by atoms with E-state index in [0.717, 1.165) is 12.8 Å². The van der Waals surface area contributed by atoms with Crippen molar-refractivity contribution < 1.29 is 9.13 Å². The number of aromatic nitrogens is 2. The smallest absolute Gasteiger partial charge is 0.239 e. The van der Waals surface area contributed by atoms with Crippen LogP contribution in [0.5, 0.6) is 5.88 Å². The second-order valence-electron chi connectivity index (χ2n) is 10.5. The summed E-state index contributed by atoms with van der Waals surface area (Å²) in [7, 11) is 1.51. The van der Waals surface area contributed by atoms with Crippen molar-refractivity contribution in [3.63, 3.8) is 0 Å². The molecule has 3 atom stereocenters. The maximum Gasteiger partial charge on any atom is 0.239 e. The quantitative estimate of drug-likeness (QED) is 0.210. The molecule has 0 aliphatic carbocycles. The van der Waals surface area contributed by atoms with Crippen LogP contribution in [0.3, 0.4) is 0 Å². The number of halogens is 1. The van der Waals surface area contributed by atoms with Gasteiger partial charge in [-0.25, -0.2) is 19.4 Å². The molecule has 0 saturated carbocycles. The maximum atomic E-state index is 15.0. The minimum Gasteiger partial charge on any atom is -0.479 e. The van der Waals surface area contributed by atoms with E-state index in [4.69, 9.17) is 4.74 Å². The number of nitrogens with zero attached hydrogens (tertiary/aromatic N) is 5. The number of pyridine rings is 2. The predicted molar refractivity (Wildman–Crippen MR) is 154 cm³/mol. The van der Waals surface area contributed by atoms with E-state index in [9.17, 15) is 5.26 Å². The second kappa shape index (κ2) is 13.7. The van der Waals surface area contributed by atoms with Crippen LogP contribution in [0.2, 0.25) is 0 Å². The Labute approximate surface area is 226 Å². The van der Waals surface area contributed by atoms with E-state index >= 15 is 4.39 Å². The van der Waals surface area contributed by atoms with E-state index in [1.54, 1.807) is 18.3 Å². The van der Waals surface area contributed by atoms with Gasteiger partial charge in [-0.05, 0) is 51.2 Å². The fourth-order valence-electron chi connectivity index (χ4n) is 4.38. The molecule has 10 heteroatoms. The van der Waals surface area contributed by atoms with Crippen molar-refractivity contribution in [1.82, 2.24) is 15.3 Å². The largest absolute Gasteiger partial charge is 0.479 e. The number of rotatable bonds is 13. The third kappa shape index (κ3) is 8.42. The number of nitriles is 1. The fourth-order valence-corrected chi connectivity index (χ4v) is 4.38. The molecular formula is C28H41FN8O. The third-order valence-corrected chi connectivity index (χ3v) is 5.91. The molecule has 2 aromatic heterocycles. The van der Waals surface area contributed by atoms with Gasteiger partial charge in [0.25, 0.3) is 0 Å². The lowest BCUT2D eigenvalue weighted by Gasteiger charge is -2.31. The molecule has 2 unspecified atom stereocenters. The lowest BCUT2D eigenvalue weighted by atomic mass is 9.88. The molecule has 38 heavy (non-hydrogen) atoms. The zero-order valence-corrected chi connectivity index (χ0v) is 23.8. The minimum absolute atomic E-state index is 0.0583. The van der Waals surface area contributed by atoms with Crippen molar-refractivity contribution in [3.8, 4) is 11.9 Å². The first-order chi connectivity index (χ1) is 18.0. The number of allylic oxidation sites excluding steroid dienone is 1. The molecule has 0 bridgehead atoms. The summed E-state index contributed by atoms with van der Waals surface area (Å²) in [4.78, 5) is 8.77. The van der Waals surface area contributed by atoms with Gasteiger partial charge in [0.1, 0.15) is 11.8 Å². The van der Waals surface area contributed by atoms with E-state index in [2.05, 4.69) is 72.4 Å². The number of ether oxygens (including phenoxy) is 1. The average molecular weight is 525 g/mol. The summed E-state index contributed by atoms with van der Waals surface area (Å²) in [6, 6.07) is 5.20. The highest BCUT2D eigenvalue weighted by Gasteiger charge is 2.23. The van der Waals surface area contributed by atoms with Gasteiger partial charge in [-0.3, -0.25) is 0 Å². The Balaban J connectivity index is 2.35. The van der Waals surface area contributed by atoms with E-state index in [1.807, 2.05) is 19.9 Å². The Bertz CT molecular complexity index is 1150. The van der Waals surface area contributed by atoms with Crippen LogP contribution >= 0.6 is 0 Å². The van der Waals surface area contributed by atoms with E-state index < -0.39 is 5.82 Å². The highest BCUT2D eigenvalue weighted by molar-refractivity contribution is 5.70. The van der Waals surface area contributed by atoms with Crippen LogP contribution < -0.4 is 25.7 Å². The maximum absolute atomic E-state index is 15.0. The lowest BCUT2D eigenvalue weighted by molar-refractivity contribution is 0.296. The summed E-state index contributed by atoms with van der Waals surface area (Å²) in [5.41, 5.74) is 1.30. The number of methoxy groups -OCH3 is 1. The molecule has 0 spiro atoms. The average Bonchev–Trinajstić information content (AvgIpc) is 2.85. The Hall–Kier alpha value is -3.71. The SMILES string of the molecule is C=NN(/C=C\C)c1cc(Nc2nc(NC(CC)[C@H](C)NC(C)CC(C)(C)C)c(F)cc2C#N)cnc1OC. The molecule has 0 fully saturated rings. The van der Waals surface area contributed by atoms with Crippen LogP contribution in [0.25, 0.3) is 0 Å². The fraction of sp³-hybridized carbons (Fsp3) is 0.500. The molecule has 0 saturated heterocycles. The Kier molecular flexibility index (Phi) is 11.0. The monoisotopic (exact) mass is 524 g/mol. The van der Waals surface area contributed by atoms with Crippen LogP contribution in [0.1, 0.15) is 66.9 Å². The number of hydrazone groups is 1. The molecule has 3 N–H and O–H groups in total. The number of nitrogens with one attached hydrogen (secondary N) is 3. The first-order valence-electron chi connectivity index (χ1n) is 12.8. The molecule has 2 aromatic rings. The van der Waals surface area contributed by atoms with Crippen molar-refractivity contribution >= 4 is 29.7 Å². The summed E-state index contributed by atoms with van der Waals surface area (Å²) < 4.78 is 20.4. The zero-order valence-electron chi connectivity index (χ0n) is 23.8. The van der Waals surface area contributed by atoms with Gasteiger partial charge in [0.15, 0.2) is 17.5 Å². The van der Waals surface area contributed by atoms with Gasteiger partial charge in [0.2, 0.25) is 5.88 Å². The van der Waals surface area contributed by atoms with Gasteiger partial charge < -0.3 is 20.7 Å². The molecule has 2 heterocycles. The second-order valence-corrected chi connectivity index (χ2v) is 10.5. The van der Waals surface area contributed by atoms with Crippen molar-refractivity contribution in [1.29, 1.82) is 5.26 Å². The van der Waals surface area contributed by atoms with Gasteiger partial charge in [0, 0.05) is 31.0 Å². The van der Waals surface area contributed by atoms with Crippen molar-refractivity contribution in [2.45, 2.75) is 79.4 Å². The Morgan fingerprint density at radius 3 is 2.55 bits per heavy atom. The van der Waals surface area contributed by atoms with Crippen molar-refractivity contribution in [3.05, 3.63) is 42.0 Å². The molecule has 206 valence electrons. The summed E-state index contributed by atoms with van der Waals surface area (Å²) in [6.45, 7) is 18.4. The van der Waals surface area contributed by atoms with Crippen LogP contribution in [-0.4, -0.2) is 41.9 Å². The lowest BCUT2D eigenvalue weighted by Crippen LogP contribution is -2.46. The molecule has 2 rings (SSSR count). The molecule has 0 radical (unpaired) electrons. The summed E-state index contributed by atoms with van der Waals surface area (Å²) >= 11 is 0. The first-order valence-corrected chi connectivity index (χ1v) is 12.8. The van der Waals surface area contributed by atoms with Gasteiger partial charge in [0.05, 0.1) is 24.6 Å². The number of anilines is 4. The summed E-state index contributed by atoms with van der Waals surface area (Å²) in [5, 5.41) is 25.1. The molecular weight excluding hydrogens is 483 g/mol. The van der Waals surface area contributed by atoms with Gasteiger partial charge in [-0.15, -0.1) is 0 Å². The van der Waals surface area contributed by atoms with Crippen LogP contribution in [0.15, 0.2) is 35.7 Å². The third-order valence-electron chi connectivity index (χ3n) is 5.91. The van der Waals surface area contributed by atoms with Gasteiger partial charge >= 0.3 is 0 Å². The summed E-state index contributed by atoms with van der Waals surface area (Å²) in [6.07, 6.45) is 6.80.